The Labute approximate surface area is 301 Å². The molecule has 2 fully saturated rings. The second kappa shape index (κ2) is 14.1. The molecule has 0 spiro atoms. The number of benzene rings is 1. The second-order valence-corrected chi connectivity index (χ2v) is 13.5. The molecule has 0 bridgehead atoms. The Hall–Kier alpha value is -5.12. The molecular weight excluding hydrogens is 705 g/mol. The van der Waals surface area contributed by atoms with Crippen LogP contribution in [0, 0.1) is 6.92 Å². The summed E-state index contributed by atoms with van der Waals surface area (Å²) in [4.78, 5) is 72.7. The molecule has 1 saturated heterocycles. The number of ether oxygens (including phenoxy) is 1. The molecule has 2 N–H and O–H groups in total. The van der Waals surface area contributed by atoms with E-state index < -0.39 is 29.0 Å². The van der Waals surface area contributed by atoms with Gasteiger partial charge in [-0.2, -0.15) is 13.2 Å². The highest BCUT2D eigenvalue weighted by Gasteiger charge is 2.44. The molecule has 3 aromatic heterocycles. The molecule has 1 saturated carbocycles. The van der Waals surface area contributed by atoms with Crippen molar-refractivity contribution in [1.29, 1.82) is 0 Å². The van der Waals surface area contributed by atoms with Gasteiger partial charge in [0.2, 0.25) is 22.6 Å². The van der Waals surface area contributed by atoms with Gasteiger partial charge >= 0.3 is 6.18 Å². The Balaban J connectivity index is 1.41. The van der Waals surface area contributed by atoms with Crippen molar-refractivity contribution in [2.75, 3.05) is 49.4 Å². The van der Waals surface area contributed by atoms with Crippen molar-refractivity contribution < 1.29 is 27.5 Å². The van der Waals surface area contributed by atoms with Crippen LogP contribution in [0.15, 0.2) is 40.2 Å². The maximum Gasteiger partial charge on any atom is 0.416 e. The first-order valence-electron chi connectivity index (χ1n) is 16.8. The van der Waals surface area contributed by atoms with E-state index in [0.717, 1.165) is 24.6 Å². The van der Waals surface area contributed by atoms with Crippen LogP contribution in [0.5, 0.6) is 5.88 Å². The number of amides is 2. The summed E-state index contributed by atoms with van der Waals surface area (Å²) in [6.07, 6.45) is 0.740. The van der Waals surface area contributed by atoms with Gasteiger partial charge in [-0.05, 0) is 50.8 Å². The molecule has 52 heavy (non-hydrogen) atoms. The van der Waals surface area contributed by atoms with Crippen molar-refractivity contribution in [3.05, 3.63) is 78.4 Å². The number of fused-ring (bicyclic) bond motifs is 2. The average Bonchev–Trinajstić information content (AvgIpc) is 3.60. The van der Waals surface area contributed by atoms with Crippen LogP contribution in [0.3, 0.4) is 0 Å². The topological polar surface area (TPSA) is 146 Å². The van der Waals surface area contributed by atoms with E-state index in [4.69, 9.17) is 16.3 Å². The number of alkyl halides is 3. The lowest BCUT2D eigenvalue weighted by atomic mass is 10.0. The molecule has 2 atom stereocenters. The summed E-state index contributed by atoms with van der Waals surface area (Å²) >= 11 is 6.14. The van der Waals surface area contributed by atoms with Crippen molar-refractivity contribution in [2.24, 2.45) is 0 Å². The fourth-order valence-corrected chi connectivity index (χ4v) is 7.45. The molecule has 1 aliphatic carbocycles. The molecule has 2 aliphatic rings. The molecule has 17 heteroatoms. The first-order chi connectivity index (χ1) is 24.7. The Morgan fingerprint density at radius 3 is 2.52 bits per heavy atom. The van der Waals surface area contributed by atoms with Gasteiger partial charge in [-0.25, -0.2) is 9.97 Å². The molecule has 1 aliphatic heterocycles. The first-order valence-corrected chi connectivity index (χ1v) is 17.1. The third kappa shape index (κ3) is 6.55. The number of pyridine rings is 2. The smallest absolute Gasteiger partial charge is 0.416 e. The van der Waals surface area contributed by atoms with Crippen LogP contribution in [0.4, 0.5) is 30.4 Å². The summed E-state index contributed by atoms with van der Waals surface area (Å²) < 4.78 is 46.7. The molecular formula is C35H38ClF3N8O5. The van der Waals surface area contributed by atoms with Gasteiger partial charge in [0, 0.05) is 50.7 Å². The van der Waals surface area contributed by atoms with Gasteiger partial charge in [-0.1, -0.05) is 18.5 Å². The number of piperazine rings is 1. The summed E-state index contributed by atoms with van der Waals surface area (Å²) in [6, 6.07) is 2.03. The van der Waals surface area contributed by atoms with Crippen LogP contribution >= 0.6 is 11.6 Å². The van der Waals surface area contributed by atoms with E-state index in [2.05, 4.69) is 20.3 Å². The van der Waals surface area contributed by atoms with Crippen LogP contribution in [0.2, 0.25) is 5.02 Å². The maximum absolute atomic E-state index is 14.5. The molecule has 1 aromatic carbocycles. The van der Waals surface area contributed by atoms with E-state index in [0.29, 0.717) is 42.0 Å². The van der Waals surface area contributed by atoms with Crippen molar-refractivity contribution >= 4 is 51.8 Å². The summed E-state index contributed by atoms with van der Waals surface area (Å²) in [5.74, 6) is -0.574. The minimum Gasteiger partial charge on any atom is -0.482 e. The zero-order valence-electron chi connectivity index (χ0n) is 29.2. The van der Waals surface area contributed by atoms with Gasteiger partial charge in [0.25, 0.3) is 5.91 Å². The number of halogens is 4. The van der Waals surface area contributed by atoms with Gasteiger partial charge < -0.3 is 34.3 Å². The minimum absolute atomic E-state index is 0.0112. The van der Waals surface area contributed by atoms with E-state index in [9.17, 15) is 32.3 Å². The number of anilines is 3. The number of carbonyl (C=O) groups is 2. The molecule has 276 valence electrons. The van der Waals surface area contributed by atoms with Gasteiger partial charge in [-0.3, -0.25) is 19.2 Å². The average molecular weight is 743 g/mol. The molecule has 4 aromatic rings. The number of aryl methyl sites for hydroxylation is 1. The van der Waals surface area contributed by atoms with E-state index in [1.807, 2.05) is 11.8 Å². The number of nitrogens with zero attached hydrogens (tertiary/aromatic N) is 6. The lowest BCUT2D eigenvalue weighted by Crippen LogP contribution is -2.60. The fourth-order valence-electron chi connectivity index (χ4n) is 7.22. The zero-order valence-corrected chi connectivity index (χ0v) is 30.0. The fraction of sp³-hybridized carbons (Fsp3) is 0.429. The number of aromatic amines is 1. The second-order valence-electron chi connectivity index (χ2n) is 13.1. The lowest BCUT2D eigenvalue weighted by molar-refractivity contribution is -0.137. The Morgan fingerprint density at radius 2 is 1.87 bits per heavy atom. The highest BCUT2D eigenvalue weighted by molar-refractivity contribution is 6.33. The number of aromatic nitrogens is 4. The van der Waals surface area contributed by atoms with Crippen LogP contribution < -0.4 is 30.7 Å². The van der Waals surface area contributed by atoms with Crippen molar-refractivity contribution in [3.63, 3.8) is 0 Å². The minimum atomic E-state index is -4.61. The summed E-state index contributed by atoms with van der Waals surface area (Å²) in [5, 5.41) is 2.31. The van der Waals surface area contributed by atoms with Gasteiger partial charge in [0.1, 0.15) is 23.6 Å². The van der Waals surface area contributed by atoms with E-state index >= 15 is 0 Å². The Morgan fingerprint density at radius 1 is 1.13 bits per heavy atom. The van der Waals surface area contributed by atoms with E-state index in [-0.39, 0.29) is 70.5 Å². The van der Waals surface area contributed by atoms with Gasteiger partial charge in [0.15, 0.2) is 11.2 Å². The first kappa shape index (κ1) is 36.7. The maximum atomic E-state index is 14.5. The Bertz CT molecular complexity index is 2190. The molecule has 0 unspecified atom stereocenters. The Kier molecular flexibility index (Phi) is 9.96. The quantitative estimate of drug-likeness (QED) is 0.264. The highest BCUT2D eigenvalue weighted by atomic mass is 35.5. The number of nitrogens with one attached hydrogen (secondary N) is 2. The third-order valence-electron chi connectivity index (χ3n) is 9.72. The van der Waals surface area contributed by atoms with E-state index in [1.54, 1.807) is 35.4 Å². The van der Waals surface area contributed by atoms with Crippen LogP contribution in [0.25, 0.3) is 11.2 Å². The molecule has 2 amide bonds. The number of methoxy groups -OCH3 is 1. The normalized spacial score (nSPS) is 17.3. The number of hydrogen-bond acceptors (Lipinski definition) is 9. The molecule has 6 rings (SSSR count). The predicted octanol–water partition coefficient (Wildman–Crippen LogP) is 4.62. The third-order valence-corrected chi connectivity index (χ3v) is 10.0. The number of rotatable bonds is 8. The number of hydrogen-bond donors (Lipinski definition) is 2. The largest absolute Gasteiger partial charge is 0.482 e. The van der Waals surface area contributed by atoms with Gasteiger partial charge in [0.05, 0.1) is 35.6 Å². The van der Waals surface area contributed by atoms with Crippen LogP contribution in [-0.2, 0) is 23.9 Å². The van der Waals surface area contributed by atoms with E-state index in [1.165, 1.54) is 19.5 Å². The molecule has 4 heterocycles. The predicted molar refractivity (Wildman–Crippen MR) is 191 cm³/mol. The molecule has 13 nitrogen and oxygen atoms in total. The number of carbonyl (C=O) groups excluding carboxylic acids is 2. The van der Waals surface area contributed by atoms with Crippen molar-refractivity contribution in [1.82, 2.24) is 24.4 Å². The lowest BCUT2D eigenvalue weighted by Gasteiger charge is -2.46. The monoisotopic (exact) mass is 742 g/mol. The standard InChI is InChI=1S/C35H38ClF3N8O5/c1-6-22-29(45-12-13-46(24-9-7-8-23(24)45)34(51)27-30(49)18(2)15-41-33(27)52-5)31(50)28-32(40-16-25(43-28)44(3)4)47(22)17-26(48)42-21-11-10-19(14-20(21)36)35(37,38)39/h10-11,14-16,23-24H,6-9,12-13,17H2,1-5H3,(H,41,49)(H,42,48)/t23-,24+/m1/s1. The summed E-state index contributed by atoms with van der Waals surface area (Å²) in [7, 11) is 4.89. The SMILES string of the molecule is CCc1c(N2CCN(C(=O)c3c(OC)[nH]cc(C)c3=O)[C@H]3CCC[C@H]32)c(=O)c2nc(N(C)C)cnc2n1CC(=O)Nc1ccc(C(F)(F)F)cc1Cl. The van der Waals surface area contributed by atoms with Crippen molar-refractivity contribution in [2.45, 2.75) is 64.3 Å². The van der Waals surface area contributed by atoms with Gasteiger partial charge in [-0.15, -0.1) is 0 Å². The highest BCUT2D eigenvalue weighted by Crippen LogP contribution is 2.37. The summed E-state index contributed by atoms with van der Waals surface area (Å²) in [5.41, 5.74) is -0.452. The van der Waals surface area contributed by atoms with Crippen LogP contribution in [0.1, 0.15) is 53.4 Å². The molecule has 0 radical (unpaired) electrons. The van der Waals surface area contributed by atoms with Crippen LogP contribution in [-0.4, -0.2) is 82.6 Å². The summed E-state index contributed by atoms with van der Waals surface area (Å²) in [6.45, 7) is 3.55. The van der Waals surface area contributed by atoms with Crippen molar-refractivity contribution in [3.8, 4) is 5.88 Å². The number of H-pyrrole nitrogens is 1. The zero-order chi connectivity index (χ0) is 37.6.